The van der Waals surface area contributed by atoms with E-state index in [0.29, 0.717) is 0 Å². The molecule has 0 bridgehead atoms. The van der Waals surface area contributed by atoms with Gasteiger partial charge in [0.15, 0.2) is 5.16 Å². The highest BCUT2D eigenvalue weighted by Gasteiger charge is 2.02. The van der Waals surface area contributed by atoms with E-state index in [1.54, 1.807) is 24.2 Å². The molecule has 0 aromatic carbocycles. The van der Waals surface area contributed by atoms with Crippen LogP contribution < -0.4 is 0 Å². The lowest BCUT2D eigenvalue weighted by molar-refractivity contribution is 0.160. The van der Waals surface area contributed by atoms with E-state index in [1.807, 2.05) is 6.92 Å². The highest BCUT2D eigenvalue weighted by Crippen LogP contribution is 2.15. The fourth-order valence-corrected chi connectivity index (χ4v) is 1.42. The molecule has 61 valence electrons. The number of nitrogens with zero attached hydrogens (tertiary/aromatic N) is 1. The minimum atomic E-state index is -0.00624. The topological polar surface area (TPSA) is 48.6 Å². The van der Waals surface area contributed by atoms with E-state index in [4.69, 9.17) is 0 Å². The third-order valence-corrected chi connectivity index (χ3v) is 2.49. The number of aromatic amines is 1. The number of hydrogen-bond donors (Lipinski definition) is 1. The second kappa shape index (κ2) is 4.41. The second-order valence-corrected chi connectivity index (χ2v) is 3.49. The normalized spacial score (nSPS) is 13.3. The van der Waals surface area contributed by atoms with Crippen molar-refractivity contribution in [2.24, 2.45) is 5.92 Å². The lowest BCUT2D eigenvalue weighted by Crippen LogP contribution is -2.02. The van der Waals surface area contributed by atoms with Crippen molar-refractivity contribution >= 4 is 11.8 Å². The monoisotopic (exact) mass is 171 g/mol. The van der Waals surface area contributed by atoms with E-state index in [9.17, 15) is 5.11 Å². The van der Waals surface area contributed by atoms with Gasteiger partial charge < -0.3 is 4.98 Å². The first kappa shape index (κ1) is 8.62. The Bertz CT molecular complexity index is 188. The molecule has 1 heterocycles. The number of nitrogens with one attached hydrogen (secondary N) is 1. The Morgan fingerprint density at radius 3 is 3.18 bits per heavy atom. The van der Waals surface area contributed by atoms with E-state index in [0.717, 1.165) is 10.9 Å². The average Bonchev–Trinajstić information content (AvgIpc) is 2.52. The molecule has 4 heteroatoms. The summed E-state index contributed by atoms with van der Waals surface area (Å²) in [5, 5.41) is 11.2. The largest absolute Gasteiger partial charge is 0.340 e. The Balaban J connectivity index is 2.23. The molecule has 0 saturated carbocycles. The van der Waals surface area contributed by atoms with Gasteiger partial charge in [-0.3, -0.25) is 0 Å². The zero-order valence-corrected chi connectivity index (χ0v) is 7.23. The fraction of sp³-hybridized carbons (Fsp3) is 0.571. The first-order chi connectivity index (χ1) is 5.33. The van der Waals surface area contributed by atoms with Crippen molar-refractivity contribution < 1.29 is 5.11 Å². The third kappa shape index (κ3) is 2.95. The molecule has 1 N–H and O–H groups in total. The average molecular weight is 171 g/mol. The first-order valence-corrected chi connectivity index (χ1v) is 4.51. The summed E-state index contributed by atoms with van der Waals surface area (Å²) in [5.74, 6) is 1.07. The first-order valence-electron chi connectivity index (χ1n) is 3.53. The quantitative estimate of drug-likeness (QED) is 0.699. The van der Waals surface area contributed by atoms with Gasteiger partial charge in [0.05, 0.1) is 6.61 Å². The minimum Gasteiger partial charge on any atom is -0.340 e. The van der Waals surface area contributed by atoms with Crippen LogP contribution in [-0.4, -0.2) is 22.3 Å². The zero-order chi connectivity index (χ0) is 8.10. The number of H-pyrrole nitrogens is 1. The van der Waals surface area contributed by atoms with Gasteiger partial charge in [0.2, 0.25) is 0 Å². The van der Waals surface area contributed by atoms with Crippen LogP contribution in [0, 0.1) is 5.92 Å². The van der Waals surface area contributed by atoms with Crippen molar-refractivity contribution in [3.63, 3.8) is 0 Å². The van der Waals surface area contributed by atoms with Gasteiger partial charge in [-0.25, -0.2) is 10.1 Å². The van der Waals surface area contributed by atoms with Crippen LogP contribution in [0.2, 0.25) is 0 Å². The number of aromatic nitrogens is 2. The standard InChI is InChI=1S/C7H11N2OS/c1-6(4-10)5-11-7-8-2-3-9-7/h2-3,6H,4-5H2,1H3,(H,8,9). The van der Waals surface area contributed by atoms with E-state index >= 15 is 0 Å². The van der Waals surface area contributed by atoms with Crippen LogP contribution in [-0.2, 0) is 5.11 Å². The molecule has 1 aromatic rings. The number of hydrogen-bond acceptors (Lipinski definition) is 2. The van der Waals surface area contributed by atoms with Gasteiger partial charge in [0.1, 0.15) is 0 Å². The predicted molar refractivity (Wildman–Crippen MR) is 44.0 cm³/mol. The Morgan fingerprint density at radius 2 is 2.64 bits per heavy atom. The molecule has 0 amide bonds. The summed E-state index contributed by atoms with van der Waals surface area (Å²) < 4.78 is 0. The van der Waals surface area contributed by atoms with Gasteiger partial charge >= 0.3 is 0 Å². The molecule has 1 unspecified atom stereocenters. The summed E-state index contributed by atoms with van der Waals surface area (Å²) in [6.45, 7) is 1.94. The summed E-state index contributed by atoms with van der Waals surface area (Å²) in [5.41, 5.74) is 0. The third-order valence-electron chi connectivity index (χ3n) is 1.26. The van der Waals surface area contributed by atoms with Crippen molar-refractivity contribution in [2.45, 2.75) is 12.1 Å². The molecule has 0 spiro atoms. The van der Waals surface area contributed by atoms with E-state index in [2.05, 4.69) is 9.97 Å². The van der Waals surface area contributed by atoms with Crippen molar-refractivity contribution in [3.05, 3.63) is 12.4 Å². The van der Waals surface area contributed by atoms with E-state index < -0.39 is 0 Å². The molecule has 0 aliphatic carbocycles. The Kier molecular flexibility index (Phi) is 3.45. The van der Waals surface area contributed by atoms with Crippen LogP contribution in [0.25, 0.3) is 0 Å². The van der Waals surface area contributed by atoms with Crippen molar-refractivity contribution in [1.29, 1.82) is 0 Å². The number of thioether (sulfide) groups is 1. The van der Waals surface area contributed by atoms with Crippen LogP contribution in [0.3, 0.4) is 0 Å². The maximum absolute atomic E-state index is 10.3. The summed E-state index contributed by atoms with van der Waals surface area (Å²) in [6.07, 6.45) is 3.49. The van der Waals surface area contributed by atoms with Crippen LogP contribution in [0.1, 0.15) is 6.92 Å². The molecule has 0 fully saturated rings. The summed E-state index contributed by atoms with van der Waals surface area (Å²) in [4.78, 5) is 6.99. The highest BCUT2D eigenvalue weighted by molar-refractivity contribution is 7.99. The van der Waals surface area contributed by atoms with E-state index in [1.165, 1.54) is 0 Å². The molecule has 0 aliphatic heterocycles. The molecule has 1 atom stereocenters. The van der Waals surface area contributed by atoms with Crippen LogP contribution in [0.5, 0.6) is 0 Å². The van der Waals surface area contributed by atoms with Crippen LogP contribution >= 0.6 is 11.8 Å². The fourth-order valence-electron chi connectivity index (χ4n) is 0.599. The highest BCUT2D eigenvalue weighted by atomic mass is 32.2. The predicted octanol–water partition coefficient (Wildman–Crippen LogP) is 1.57. The van der Waals surface area contributed by atoms with Crippen molar-refractivity contribution in [3.8, 4) is 0 Å². The maximum atomic E-state index is 10.3. The van der Waals surface area contributed by atoms with Crippen LogP contribution in [0.4, 0.5) is 0 Å². The molecule has 1 aromatic heterocycles. The molecule has 0 saturated heterocycles. The van der Waals surface area contributed by atoms with Gasteiger partial charge in [-0.1, -0.05) is 18.7 Å². The number of rotatable bonds is 4. The SMILES string of the molecule is CC(C[O])CSc1ncc[nH]1. The zero-order valence-electron chi connectivity index (χ0n) is 6.41. The van der Waals surface area contributed by atoms with Crippen molar-refractivity contribution in [2.75, 3.05) is 12.4 Å². The van der Waals surface area contributed by atoms with Gasteiger partial charge in [-0.15, -0.1) is 0 Å². The van der Waals surface area contributed by atoms with Gasteiger partial charge in [0, 0.05) is 18.1 Å². The van der Waals surface area contributed by atoms with Gasteiger partial charge in [0.25, 0.3) is 0 Å². The lowest BCUT2D eigenvalue weighted by Gasteiger charge is -2.02. The molecule has 1 rings (SSSR count). The minimum absolute atomic E-state index is 0.00624. The molecule has 11 heavy (non-hydrogen) atoms. The van der Waals surface area contributed by atoms with Gasteiger partial charge in [-0.05, 0) is 5.92 Å². The molecule has 3 nitrogen and oxygen atoms in total. The molecule has 1 radical (unpaired) electrons. The summed E-state index contributed by atoms with van der Waals surface area (Å²) in [6, 6.07) is 0. The smallest absolute Gasteiger partial charge is 0.165 e. The lowest BCUT2D eigenvalue weighted by atomic mass is 10.2. The molecule has 0 aliphatic rings. The summed E-state index contributed by atoms with van der Waals surface area (Å²) in [7, 11) is 0. The van der Waals surface area contributed by atoms with Gasteiger partial charge in [-0.2, -0.15) is 0 Å². The van der Waals surface area contributed by atoms with Crippen LogP contribution in [0.15, 0.2) is 17.6 Å². The van der Waals surface area contributed by atoms with Crippen molar-refractivity contribution in [1.82, 2.24) is 9.97 Å². The Labute approximate surface area is 70.2 Å². The Morgan fingerprint density at radius 1 is 1.82 bits per heavy atom. The summed E-state index contributed by atoms with van der Waals surface area (Å²) >= 11 is 1.59. The maximum Gasteiger partial charge on any atom is 0.165 e. The molecular weight excluding hydrogens is 160 g/mol. The number of imidazole rings is 1. The van der Waals surface area contributed by atoms with E-state index in [-0.39, 0.29) is 12.5 Å². The molecular formula is C7H11N2OS. The second-order valence-electron chi connectivity index (χ2n) is 2.48. The Hall–Kier alpha value is -0.480.